The summed E-state index contributed by atoms with van der Waals surface area (Å²) in [5.41, 5.74) is 1.52. The van der Waals surface area contributed by atoms with Gasteiger partial charge in [-0.1, -0.05) is 18.2 Å². The van der Waals surface area contributed by atoms with Gasteiger partial charge in [-0.3, -0.25) is 0 Å². The number of azo groups is 1. The first-order valence-corrected chi connectivity index (χ1v) is 4.85. The van der Waals surface area contributed by atoms with Crippen molar-refractivity contribution < 1.29 is 4.74 Å². The van der Waals surface area contributed by atoms with E-state index in [0.29, 0.717) is 11.6 Å². The van der Waals surface area contributed by atoms with Crippen molar-refractivity contribution in [2.24, 2.45) is 10.2 Å². The number of hydrogen-bond donors (Lipinski definition) is 0. The summed E-state index contributed by atoms with van der Waals surface area (Å²) in [7, 11) is 1.58. The Bertz CT molecular complexity index is 465. The number of benzene rings is 1. The zero-order valence-corrected chi connectivity index (χ0v) is 8.87. The van der Waals surface area contributed by atoms with E-state index in [-0.39, 0.29) is 0 Å². The van der Waals surface area contributed by atoms with Gasteiger partial charge in [-0.2, -0.15) is 5.11 Å². The minimum absolute atomic E-state index is 0.568. The van der Waals surface area contributed by atoms with E-state index in [1.165, 1.54) is 0 Å². The van der Waals surface area contributed by atoms with Crippen LogP contribution in [0.3, 0.4) is 0 Å². The molecule has 1 heterocycles. The third-order valence-electron chi connectivity index (χ3n) is 1.97. The van der Waals surface area contributed by atoms with Gasteiger partial charge < -0.3 is 4.74 Å². The van der Waals surface area contributed by atoms with Crippen molar-refractivity contribution in [3.63, 3.8) is 0 Å². The van der Waals surface area contributed by atoms with Crippen molar-refractivity contribution in [2.45, 2.75) is 0 Å². The molecule has 0 fully saturated rings. The van der Waals surface area contributed by atoms with Gasteiger partial charge in [-0.05, 0) is 18.2 Å². The molecule has 0 saturated carbocycles. The Labute approximate surface area is 93.6 Å². The number of rotatable bonds is 3. The molecule has 0 saturated heterocycles. The van der Waals surface area contributed by atoms with Crippen LogP contribution >= 0.6 is 0 Å². The van der Waals surface area contributed by atoms with Crippen molar-refractivity contribution in [3.8, 4) is 5.88 Å². The second kappa shape index (κ2) is 5.02. The van der Waals surface area contributed by atoms with Crippen LogP contribution in [0.1, 0.15) is 0 Å². The predicted molar refractivity (Wildman–Crippen MR) is 61.4 cm³/mol. The van der Waals surface area contributed by atoms with E-state index in [2.05, 4.69) is 15.2 Å². The molecular formula is C12H11N3O. The summed E-state index contributed by atoms with van der Waals surface area (Å²) in [5, 5.41) is 8.13. The summed E-state index contributed by atoms with van der Waals surface area (Å²) < 4.78 is 4.95. The lowest BCUT2D eigenvalue weighted by Gasteiger charge is -1.96. The molecule has 0 radical (unpaired) electrons. The maximum Gasteiger partial charge on any atom is 0.213 e. The van der Waals surface area contributed by atoms with E-state index in [1.807, 2.05) is 30.3 Å². The van der Waals surface area contributed by atoms with Crippen LogP contribution in [0.4, 0.5) is 11.4 Å². The average Bonchev–Trinajstić information content (AvgIpc) is 2.38. The summed E-state index contributed by atoms with van der Waals surface area (Å²) in [5.74, 6) is 0.568. The second-order valence-corrected chi connectivity index (χ2v) is 3.09. The lowest BCUT2D eigenvalue weighted by atomic mass is 10.3. The van der Waals surface area contributed by atoms with E-state index in [9.17, 15) is 0 Å². The highest BCUT2D eigenvalue weighted by molar-refractivity contribution is 5.39. The monoisotopic (exact) mass is 213 g/mol. The van der Waals surface area contributed by atoms with Crippen LogP contribution in [0.25, 0.3) is 0 Å². The highest BCUT2D eigenvalue weighted by Crippen LogP contribution is 2.18. The first kappa shape index (κ1) is 10.3. The minimum atomic E-state index is 0.568. The van der Waals surface area contributed by atoms with Gasteiger partial charge in [0.15, 0.2) is 0 Å². The highest BCUT2D eigenvalue weighted by atomic mass is 16.5. The van der Waals surface area contributed by atoms with Crippen molar-refractivity contribution in [2.75, 3.05) is 7.11 Å². The van der Waals surface area contributed by atoms with Crippen LogP contribution < -0.4 is 4.74 Å². The zero-order valence-electron chi connectivity index (χ0n) is 8.87. The number of hydrogen-bond acceptors (Lipinski definition) is 4. The standard InChI is InChI=1S/C12H11N3O/c1-16-12-8-7-11(9-13-12)15-14-10-5-3-2-4-6-10/h2-9H,1H3. The molecule has 16 heavy (non-hydrogen) atoms. The summed E-state index contributed by atoms with van der Waals surface area (Å²) >= 11 is 0. The minimum Gasteiger partial charge on any atom is -0.481 e. The van der Waals surface area contributed by atoms with Gasteiger partial charge in [0.05, 0.1) is 19.0 Å². The number of nitrogens with zero attached hydrogens (tertiary/aromatic N) is 3. The van der Waals surface area contributed by atoms with E-state index in [4.69, 9.17) is 4.74 Å². The summed E-state index contributed by atoms with van der Waals surface area (Å²) in [4.78, 5) is 4.03. The number of methoxy groups -OCH3 is 1. The van der Waals surface area contributed by atoms with Gasteiger partial charge in [-0.15, -0.1) is 5.11 Å². The lowest BCUT2D eigenvalue weighted by molar-refractivity contribution is 0.398. The van der Waals surface area contributed by atoms with Crippen LogP contribution in [-0.2, 0) is 0 Å². The largest absolute Gasteiger partial charge is 0.481 e. The van der Waals surface area contributed by atoms with E-state index in [1.54, 1.807) is 25.4 Å². The number of aromatic nitrogens is 1. The molecule has 0 aliphatic rings. The van der Waals surface area contributed by atoms with Crippen molar-refractivity contribution in [1.29, 1.82) is 0 Å². The lowest BCUT2D eigenvalue weighted by Crippen LogP contribution is -1.84. The van der Waals surface area contributed by atoms with Gasteiger partial charge in [0.25, 0.3) is 0 Å². The van der Waals surface area contributed by atoms with Crippen LogP contribution in [0.2, 0.25) is 0 Å². The quantitative estimate of drug-likeness (QED) is 0.732. The number of ether oxygens (including phenoxy) is 1. The molecule has 4 heteroatoms. The van der Waals surface area contributed by atoms with Gasteiger partial charge in [0, 0.05) is 6.07 Å². The summed E-state index contributed by atoms with van der Waals surface area (Å²) in [6.45, 7) is 0. The molecule has 80 valence electrons. The molecule has 0 unspecified atom stereocenters. The van der Waals surface area contributed by atoms with Crippen molar-refractivity contribution >= 4 is 11.4 Å². The molecule has 1 aromatic heterocycles. The molecule has 1 aromatic carbocycles. The van der Waals surface area contributed by atoms with E-state index < -0.39 is 0 Å². The SMILES string of the molecule is COc1ccc(N=Nc2ccccc2)cn1. The molecule has 0 bridgehead atoms. The zero-order chi connectivity index (χ0) is 11.2. The molecule has 0 amide bonds. The Morgan fingerprint density at radius 2 is 1.69 bits per heavy atom. The smallest absolute Gasteiger partial charge is 0.213 e. The van der Waals surface area contributed by atoms with Crippen LogP contribution in [0.15, 0.2) is 58.9 Å². The molecule has 0 aliphatic carbocycles. The normalized spacial score (nSPS) is 10.6. The maximum absolute atomic E-state index is 4.95. The third-order valence-corrected chi connectivity index (χ3v) is 1.97. The molecule has 2 rings (SSSR count). The molecule has 0 aliphatic heterocycles. The third kappa shape index (κ3) is 2.63. The van der Waals surface area contributed by atoms with Crippen LogP contribution in [0, 0.1) is 0 Å². The predicted octanol–water partition coefficient (Wildman–Crippen LogP) is 3.51. The fourth-order valence-corrected chi connectivity index (χ4v) is 1.16. The molecule has 0 atom stereocenters. The topological polar surface area (TPSA) is 46.8 Å². The first-order chi connectivity index (χ1) is 7.88. The highest BCUT2D eigenvalue weighted by Gasteiger charge is 1.93. The summed E-state index contributed by atoms with van der Waals surface area (Å²) in [6.07, 6.45) is 1.62. The average molecular weight is 213 g/mol. The Morgan fingerprint density at radius 3 is 2.31 bits per heavy atom. The molecule has 2 aromatic rings. The van der Waals surface area contributed by atoms with Crippen molar-refractivity contribution in [1.82, 2.24) is 4.98 Å². The van der Waals surface area contributed by atoms with E-state index in [0.717, 1.165) is 5.69 Å². The maximum atomic E-state index is 4.95. The fourth-order valence-electron chi connectivity index (χ4n) is 1.16. The number of pyridine rings is 1. The Balaban J connectivity index is 2.12. The van der Waals surface area contributed by atoms with Crippen molar-refractivity contribution in [3.05, 3.63) is 48.7 Å². The van der Waals surface area contributed by atoms with Gasteiger partial charge in [-0.25, -0.2) is 4.98 Å². The van der Waals surface area contributed by atoms with Gasteiger partial charge in [0.2, 0.25) is 5.88 Å². The molecule has 0 N–H and O–H groups in total. The fraction of sp³-hybridized carbons (Fsp3) is 0.0833. The first-order valence-electron chi connectivity index (χ1n) is 4.85. The van der Waals surface area contributed by atoms with Gasteiger partial charge in [0.1, 0.15) is 5.69 Å². The molecular weight excluding hydrogens is 202 g/mol. The molecule has 4 nitrogen and oxygen atoms in total. The van der Waals surface area contributed by atoms with Crippen LogP contribution in [-0.4, -0.2) is 12.1 Å². The Morgan fingerprint density at radius 1 is 0.938 bits per heavy atom. The van der Waals surface area contributed by atoms with Crippen LogP contribution in [0.5, 0.6) is 5.88 Å². The van der Waals surface area contributed by atoms with E-state index >= 15 is 0 Å². The Kier molecular flexibility index (Phi) is 3.23. The Hall–Kier alpha value is -2.23. The van der Waals surface area contributed by atoms with Gasteiger partial charge >= 0.3 is 0 Å². The summed E-state index contributed by atoms with van der Waals surface area (Å²) in [6, 6.07) is 13.1. The second-order valence-electron chi connectivity index (χ2n) is 3.09. The molecule has 0 spiro atoms.